The number of hydrogen-bond acceptors (Lipinski definition) is 4. The number of halogens is 6. The third-order valence-electron chi connectivity index (χ3n) is 8.06. The molecule has 36 heavy (non-hydrogen) atoms. The van der Waals surface area contributed by atoms with Crippen molar-refractivity contribution >= 4 is 5.91 Å². The summed E-state index contributed by atoms with van der Waals surface area (Å²) in [6.07, 6.45) is -4.45. The number of benzene rings is 1. The molecule has 1 aromatic rings. The van der Waals surface area contributed by atoms with Crippen LogP contribution in [0.5, 0.6) is 0 Å². The van der Waals surface area contributed by atoms with Crippen LogP contribution in [-0.4, -0.2) is 41.9 Å². The molecule has 1 heterocycles. The molecule has 2 aliphatic carbocycles. The van der Waals surface area contributed by atoms with E-state index in [-0.39, 0.29) is 23.7 Å². The first kappa shape index (κ1) is 27.2. The maximum atomic E-state index is 13.6. The Morgan fingerprint density at radius 2 is 1.50 bits per heavy atom. The van der Waals surface area contributed by atoms with Crippen LogP contribution >= 0.6 is 0 Å². The molecule has 202 valence electrons. The second-order valence-corrected chi connectivity index (χ2v) is 10.4. The van der Waals surface area contributed by atoms with Gasteiger partial charge in [0.05, 0.1) is 22.1 Å². The van der Waals surface area contributed by atoms with Gasteiger partial charge in [0.2, 0.25) is 5.91 Å². The number of hydrogen-bond donors (Lipinski definition) is 3. The molecular formula is C25H32F6N2O3. The van der Waals surface area contributed by atoms with Gasteiger partial charge in [-0.25, -0.2) is 0 Å². The minimum Gasteiger partial charge on any atom is -0.389 e. The molecule has 3 fully saturated rings. The molecular weight excluding hydrogens is 490 g/mol. The number of ether oxygens (including phenoxy) is 1. The summed E-state index contributed by atoms with van der Waals surface area (Å²) in [6.45, 7) is 0.801. The monoisotopic (exact) mass is 522 g/mol. The molecule has 2 atom stereocenters. The zero-order chi connectivity index (χ0) is 26.2. The van der Waals surface area contributed by atoms with E-state index in [1.165, 1.54) is 0 Å². The van der Waals surface area contributed by atoms with Crippen molar-refractivity contribution in [2.75, 3.05) is 13.2 Å². The maximum absolute atomic E-state index is 13.6. The summed E-state index contributed by atoms with van der Waals surface area (Å²) in [4.78, 5) is 13.6. The topological polar surface area (TPSA) is 70.6 Å². The van der Waals surface area contributed by atoms with Crippen LogP contribution in [-0.2, 0) is 28.4 Å². The second-order valence-electron chi connectivity index (χ2n) is 10.4. The van der Waals surface area contributed by atoms with Crippen LogP contribution in [0.1, 0.15) is 74.5 Å². The Labute approximate surface area is 206 Å². The summed E-state index contributed by atoms with van der Waals surface area (Å²) in [5.74, 6) is -0.519. The molecule has 0 bridgehead atoms. The van der Waals surface area contributed by atoms with Crippen molar-refractivity contribution in [3.63, 3.8) is 0 Å². The average molecular weight is 523 g/mol. The molecule has 0 spiro atoms. The van der Waals surface area contributed by atoms with Crippen LogP contribution in [0.4, 0.5) is 26.3 Å². The number of aliphatic hydroxyl groups is 1. The Balaban J connectivity index is 1.53. The molecule has 2 unspecified atom stereocenters. The van der Waals surface area contributed by atoms with E-state index in [9.17, 15) is 36.2 Å². The highest BCUT2D eigenvalue weighted by atomic mass is 19.4. The first-order valence-corrected chi connectivity index (χ1v) is 12.5. The summed E-state index contributed by atoms with van der Waals surface area (Å²) in [6, 6.07) is 1.53. The molecule has 0 radical (unpaired) electrons. The maximum Gasteiger partial charge on any atom is 0.416 e. The fourth-order valence-electron chi connectivity index (χ4n) is 6.14. The van der Waals surface area contributed by atoms with Crippen LogP contribution in [0.3, 0.4) is 0 Å². The molecule has 11 heteroatoms. The lowest BCUT2D eigenvalue weighted by Crippen LogP contribution is -2.55. The van der Waals surface area contributed by atoms with Gasteiger partial charge in [0.1, 0.15) is 0 Å². The van der Waals surface area contributed by atoms with E-state index in [0.717, 1.165) is 25.7 Å². The fourth-order valence-corrected chi connectivity index (χ4v) is 6.14. The van der Waals surface area contributed by atoms with Crippen molar-refractivity contribution in [3.8, 4) is 0 Å². The van der Waals surface area contributed by atoms with Crippen LogP contribution in [0.25, 0.3) is 0 Å². The van der Waals surface area contributed by atoms with Gasteiger partial charge in [0.15, 0.2) is 0 Å². The van der Waals surface area contributed by atoms with Crippen molar-refractivity contribution in [1.82, 2.24) is 10.6 Å². The standard InChI is InChI=1S/C25H32F6N2O3/c26-24(27,28)17-11-16(12-18(13-17)25(29,30)31)15-32-21(34)22(23(35)6-1-2-7-23)8-3-20(14-22)33-19-4-9-36-10-5-19/h11-13,19-20,33,35H,1-10,14-15H2,(H,32,34). The second kappa shape index (κ2) is 10.1. The molecule has 3 aliphatic rings. The Kier molecular flexibility index (Phi) is 7.65. The van der Waals surface area contributed by atoms with E-state index in [1.54, 1.807) is 0 Å². The minimum atomic E-state index is -4.96. The first-order valence-electron chi connectivity index (χ1n) is 12.5. The van der Waals surface area contributed by atoms with Crippen LogP contribution in [0, 0.1) is 5.41 Å². The smallest absolute Gasteiger partial charge is 0.389 e. The van der Waals surface area contributed by atoms with Gasteiger partial charge in [-0.05, 0) is 68.7 Å². The van der Waals surface area contributed by atoms with Crippen LogP contribution < -0.4 is 10.6 Å². The molecule has 0 aromatic heterocycles. The van der Waals surface area contributed by atoms with Gasteiger partial charge < -0.3 is 20.5 Å². The number of nitrogens with one attached hydrogen (secondary N) is 2. The Morgan fingerprint density at radius 3 is 2.06 bits per heavy atom. The normalized spacial score (nSPS) is 27.4. The molecule has 1 aromatic carbocycles. The zero-order valence-electron chi connectivity index (χ0n) is 19.9. The predicted octanol–water partition coefficient (Wildman–Crippen LogP) is 4.95. The van der Waals surface area contributed by atoms with E-state index >= 15 is 0 Å². The Morgan fingerprint density at radius 1 is 0.917 bits per heavy atom. The van der Waals surface area contributed by atoms with Gasteiger partial charge in [0, 0.05) is 31.8 Å². The van der Waals surface area contributed by atoms with E-state index in [0.29, 0.717) is 57.5 Å². The summed E-state index contributed by atoms with van der Waals surface area (Å²) in [5, 5.41) is 17.7. The minimum absolute atomic E-state index is 0.0196. The van der Waals surface area contributed by atoms with Crippen molar-refractivity contribution in [2.45, 2.75) is 94.4 Å². The number of carbonyl (C=O) groups excluding carboxylic acids is 1. The SMILES string of the molecule is O=C(NCc1cc(C(F)(F)F)cc(C(F)(F)F)c1)C1(C2(O)CCCC2)CCC(NC2CCOCC2)C1. The van der Waals surface area contributed by atoms with Gasteiger partial charge in [-0.3, -0.25) is 4.79 Å². The number of alkyl halides is 6. The first-order chi connectivity index (χ1) is 16.8. The molecule has 2 saturated carbocycles. The molecule has 3 N–H and O–H groups in total. The van der Waals surface area contributed by atoms with Gasteiger partial charge in [-0.1, -0.05) is 12.8 Å². The lowest BCUT2D eigenvalue weighted by atomic mass is 9.68. The Hall–Kier alpha value is -1.85. The van der Waals surface area contributed by atoms with E-state index in [2.05, 4.69) is 10.6 Å². The Bertz CT molecular complexity index is 906. The van der Waals surface area contributed by atoms with Crippen molar-refractivity contribution in [2.24, 2.45) is 5.41 Å². The summed E-state index contributed by atoms with van der Waals surface area (Å²) >= 11 is 0. The lowest BCUT2D eigenvalue weighted by Gasteiger charge is -2.42. The third-order valence-corrected chi connectivity index (χ3v) is 8.06. The predicted molar refractivity (Wildman–Crippen MR) is 119 cm³/mol. The lowest BCUT2D eigenvalue weighted by molar-refractivity contribution is -0.150. The van der Waals surface area contributed by atoms with Gasteiger partial charge >= 0.3 is 12.4 Å². The highest BCUT2D eigenvalue weighted by Crippen LogP contribution is 2.53. The fraction of sp³-hybridized carbons (Fsp3) is 0.720. The largest absolute Gasteiger partial charge is 0.416 e. The van der Waals surface area contributed by atoms with Gasteiger partial charge in [-0.15, -0.1) is 0 Å². The average Bonchev–Trinajstić information content (AvgIpc) is 3.45. The zero-order valence-corrected chi connectivity index (χ0v) is 19.9. The van der Waals surface area contributed by atoms with Crippen molar-refractivity contribution < 1.29 is 41.0 Å². The molecule has 4 rings (SSSR count). The number of rotatable bonds is 6. The number of amides is 1. The molecule has 5 nitrogen and oxygen atoms in total. The third kappa shape index (κ3) is 5.67. The molecule has 1 saturated heterocycles. The summed E-state index contributed by atoms with van der Waals surface area (Å²) < 4.78 is 84.8. The highest BCUT2D eigenvalue weighted by molar-refractivity contribution is 5.84. The van der Waals surface area contributed by atoms with E-state index in [1.807, 2.05) is 0 Å². The van der Waals surface area contributed by atoms with Crippen LogP contribution in [0.15, 0.2) is 18.2 Å². The molecule has 1 amide bonds. The van der Waals surface area contributed by atoms with E-state index < -0.39 is 46.9 Å². The molecule has 1 aliphatic heterocycles. The quantitative estimate of drug-likeness (QED) is 0.463. The van der Waals surface area contributed by atoms with Gasteiger partial charge in [0.25, 0.3) is 0 Å². The number of carbonyl (C=O) groups is 1. The van der Waals surface area contributed by atoms with Crippen molar-refractivity contribution in [3.05, 3.63) is 34.9 Å². The van der Waals surface area contributed by atoms with Crippen molar-refractivity contribution in [1.29, 1.82) is 0 Å². The van der Waals surface area contributed by atoms with E-state index in [4.69, 9.17) is 4.74 Å². The van der Waals surface area contributed by atoms with Crippen LogP contribution in [0.2, 0.25) is 0 Å². The van der Waals surface area contributed by atoms with Gasteiger partial charge in [-0.2, -0.15) is 26.3 Å². The highest BCUT2D eigenvalue weighted by Gasteiger charge is 2.59. The summed E-state index contributed by atoms with van der Waals surface area (Å²) in [7, 11) is 0. The summed E-state index contributed by atoms with van der Waals surface area (Å²) in [5.41, 5.74) is -5.55.